The first kappa shape index (κ1) is 19.9. The van der Waals surface area contributed by atoms with Crippen LogP contribution in [0.3, 0.4) is 0 Å². The molecule has 1 aromatic heterocycles. The number of hydrogen-bond acceptors (Lipinski definition) is 6. The third-order valence-corrected chi connectivity index (χ3v) is 4.55. The summed E-state index contributed by atoms with van der Waals surface area (Å²) in [6.07, 6.45) is 1.95. The summed E-state index contributed by atoms with van der Waals surface area (Å²) < 4.78 is 5.97. The van der Waals surface area contributed by atoms with E-state index >= 15 is 0 Å². The highest BCUT2D eigenvalue weighted by molar-refractivity contribution is 5.95. The number of carbonyl (C=O) groups is 1. The Morgan fingerprint density at radius 3 is 2.62 bits per heavy atom. The van der Waals surface area contributed by atoms with Crippen molar-refractivity contribution in [2.75, 3.05) is 18.1 Å². The molecule has 0 fully saturated rings. The maximum Gasteiger partial charge on any atom is 0.248 e. The van der Waals surface area contributed by atoms with Gasteiger partial charge in [-0.3, -0.25) is 4.79 Å². The quantitative estimate of drug-likeness (QED) is 0.457. The Hall–Kier alpha value is -3.87. The van der Waals surface area contributed by atoms with Gasteiger partial charge in [-0.15, -0.1) is 0 Å². The van der Waals surface area contributed by atoms with Crippen molar-refractivity contribution in [3.8, 4) is 22.8 Å². The van der Waals surface area contributed by atoms with Gasteiger partial charge in [0.1, 0.15) is 17.3 Å². The standard InChI is InChI=1S/C22H23N5O2/c1-3-13-8-14(5-7-18(13)22(25)28)20-10-17(11-21(24)27-20)29-16-6-4-15(12-23)19(9-16)26-2/h4-12,23,26H,3H2,1-2H3,(H2,24,27)(H2,25,28). The van der Waals surface area contributed by atoms with E-state index < -0.39 is 5.91 Å². The van der Waals surface area contributed by atoms with Crippen LogP contribution < -0.4 is 21.5 Å². The molecule has 0 unspecified atom stereocenters. The van der Waals surface area contributed by atoms with Gasteiger partial charge in [-0.05, 0) is 36.2 Å². The van der Waals surface area contributed by atoms with Crippen LogP contribution in [0.5, 0.6) is 11.5 Å². The summed E-state index contributed by atoms with van der Waals surface area (Å²) in [4.78, 5) is 16.0. The second-order valence-electron chi connectivity index (χ2n) is 6.45. The summed E-state index contributed by atoms with van der Waals surface area (Å²) in [5.74, 6) is 1.01. The molecule has 148 valence electrons. The van der Waals surface area contributed by atoms with Gasteiger partial charge in [0.05, 0.1) is 5.69 Å². The van der Waals surface area contributed by atoms with Crippen molar-refractivity contribution < 1.29 is 9.53 Å². The highest BCUT2D eigenvalue weighted by Crippen LogP contribution is 2.31. The van der Waals surface area contributed by atoms with E-state index in [-0.39, 0.29) is 0 Å². The van der Waals surface area contributed by atoms with Crippen LogP contribution in [0.2, 0.25) is 0 Å². The lowest BCUT2D eigenvalue weighted by Crippen LogP contribution is -2.13. The predicted octanol–water partition coefficient (Wildman–Crippen LogP) is 3.82. The fourth-order valence-electron chi connectivity index (χ4n) is 3.10. The second kappa shape index (κ2) is 8.43. The number of nitrogens with zero attached hydrogens (tertiary/aromatic N) is 1. The monoisotopic (exact) mass is 389 g/mol. The molecule has 7 heteroatoms. The topological polar surface area (TPSA) is 127 Å². The summed E-state index contributed by atoms with van der Waals surface area (Å²) in [5, 5.41) is 10.5. The van der Waals surface area contributed by atoms with Crippen molar-refractivity contribution in [2.45, 2.75) is 13.3 Å². The molecule has 1 heterocycles. The summed E-state index contributed by atoms with van der Waals surface area (Å²) in [6.45, 7) is 1.96. The molecule has 0 atom stereocenters. The largest absolute Gasteiger partial charge is 0.457 e. The first-order valence-corrected chi connectivity index (χ1v) is 9.16. The molecule has 2 aromatic carbocycles. The Morgan fingerprint density at radius 2 is 1.97 bits per heavy atom. The number of nitrogens with one attached hydrogen (secondary N) is 2. The van der Waals surface area contributed by atoms with Crippen LogP contribution in [0, 0.1) is 5.41 Å². The van der Waals surface area contributed by atoms with Crippen LogP contribution in [0.15, 0.2) is 48.5 Å². The zero-order chi connectivity index (χ0) is 21.0. The minimum atomic E-state index is -0.452. The summed E-state index contributed by atoms with van der Waals surface area (Å²) in [6, 6.07) is 14.2. The number of pyridine rings is 1. The van der Waals surface area contributed by atoms with Crippen molar-refractivity contribution in [1.29, 1.82) is 5.41 Å². The van der Waals surface area contributed by atoms with Crippen LogP contribution in [-0.2, 0) is 6.42 Å². The number of ether oxygens (including phenoxy) is 1. The molecule has 0 saturated heterocycles. The van der Waals surface area contributed by atoms with Gasteiger partial charge in [0.15, 0.2) is 0 Å². The molecular formula is C22H23N5O2. The first-order valence-electron chi connectivity index (χ1n) is 9.16. The Bertz CT molecular complexity index is 1080. The average molecular weight is 389 g/mol. The van der Waals surface area contributed by atoms with Crippen molar-refractivity contribution in [3.63, 3.8) is 0 Å². The molecule has 0 bridgehead atoms. The highest BCUT2D eigenvalue weighted by Gasteiger charge is 2.11. The molecule has 3 rings (SSSR count). The fourth-order valence-corrected chi connectivity index (χ4v) is 3.10. The Balaban J connectivity index is 1.97. The number of rotatable bonds is 7. The van der Waals surface area contributed by atoms with Crippen molar-refractivity contribution >= 4 is 23.6 Å². The number of hydrogen-bond donors (Lipinski definition) is 4. The second-order valence-corrected chi connectivity index (χ2v) is 6.45. The van der Waals surface area contributed by atoms with Gasteiger partial charge in [-0.1, -0.05) is 13.0 Å². The van der Waals surface area contributed by atoms with E-state index in [1.54, 1.807) is 43.4 Å². The molecule has 0 aliphatic carbocycles. The van der Waals surface area contributed by atoms with Gasteiger partial charge in [-0.25, -0.2) is 4.98 Å². The fraction of sp³-hybridized carbons (Fsp3) is 0.136. The van der Waals surface area contributed by atoms with Gasteiger partial charge < -0.3 is 26.9 Å². The normalized spacial score (nSPS) is 10.4. The number of nitrogens with two attached hydrogens (primary N) is 2. The van der Waals surface area contributed by atoms with Crippen LogP contribution >= 0.6 is 0 Å². The molecule has 6 N–H and O–H groups in total. The van der Waals surface area contributed by atoms with E-state index in [9.17, 15) is 4.79 Å². The zero-order valence-electron chi connectivity index (χ0n) is 16.3. The number of amides is 1. The minimum absolute atomic E-state index is 0.319. The molecule has 0 saturated carbocycles. The lowest BCUT2D eigenvalue weighted by atomic mass is 9.99. The molecule has 0 radical (unpaired) electrons. The molecule has 1 amide bonds. The van der Waals surface area contributed by atoms with Crippen LogP contribution in [0.1, 0.15) is 28.4 Å². The van der Waals surface area contributed by atoms with Crippen LogP contribution in [-0.4, -0.2) is 24.2 Å². The molecule has 0 spiro atoms. The van der Waals surface area contributed by atoms with Gasteiger partial charge in [0, 0.05) is 53.8 Å². The third kappa shape index (κ3) is 4.35. The van der Waals surface area contributed by atoms with Crippen molar-refractivity contribution in [2.24, 2.45) is 5.73 Å². The molecular weight excluding hydrogens is 366 g/mol. The first-order chi connectivity index (χ1) is 13.9. The molecule has 7 nitrogen and oxygen atoms in total. The molecule has 0 aliphatic heterocycles. The molecule has 0 aliphatic rings. The van der Waals surface area contributed by atoms with Crippen LogP contribution in [0.25, 0.3) is 11.3 Å². The number of aryl methyl sites for hydroxylation is 1. The summed E-state index contributed by atoms with van der Waals surface area (Å²) in [5.41, 5.74) is 15.8. The number of nitrogen functional groups attached to an aromatic ring is 1. The summed E-state index contributed by atoms with van der Waals surface area (Å²) >= 11 is 0. The van der Waals surface area contributed by atoms with Crippen molar-refractivity contribution in [1.82, 2.24) is 4.98 Å². The summed E-state index contributed by atoms with van der Waals surface area (Å²) in [7, 11) is 1.79. The predicted molar refractivity (Wildman–Crippen MR) is 116 cm³/mol. The molecule has 29 heavy (non-hydrogen) atoms. The Kier molecular flexibility index (Phi) is 5.78. The number of aromatic nitrogens is 1. The number of benzene rings is 2. The van der Waals surface area contributed by atoms with E-state index in [4.69, 9.17) is 21.6 Å². The Morgan fingerprint density at radius 1 is 1.17 bits per heavy atom. The smallest absolute Gasteiger partial charge is 0.248 e. The third-order valence-electron chi connectivity index (χ3n) is 4.55. The lowest BCUT2D eigenvalue weighted by Gasteiger charge is -2.12. The van der Waals surface area contributed by atoms with E-state index in [1.165, 1.54) is 6.21 Å². The number of carbonyl (C=O) groups excluding carboxylic acids is 1. The molecule has 3 aromatic rings. The van der Waals surface area contributed by atoms with Gasteiger partial charge >= 0.3 is 0 Å². The van der Waals surface area contributed by atoms with E-state index in [0.717, 1.165) is 22.4 Å². The van der Waals surface area contributed by atoms with Crippen LogP contribution in [0.4, 0.5) is 11.5 Å². The number of primary amides is 1. The van der Waals surface area contributed by atoms with E-state index in [2.05, 4.69) is 10.3 Å². The number of anilines is 2. The Labute approximate surface area is 169 Å². The SMILES string of the molecule is CCc1cc(-c2cc(Oc3ccc(C=N)c(NC)c3)cc(N)n2)ccc1C(N)=O. The highest BCUT2D eigenvalue weighted by atomic mass is 16.5. The van der Waals surface area contributed by atoms with Crippen molar-refractivity contribution in [3.05, 3.63) is 65.2 Å². The maximum absolute atomic E-state index is 11.6. The zero-order valence-corrected chi connectivity index (χ0v) is 16.3. The van der Waals surface area contributed by atoms with E-state index in [1.807, 2.05) is 19.1 Å². The van der Waals surface area contributed by atoms with Gasteiger partial charge in [0.2, 0.25) is 5.91 Å². The maximum atomic E-state index is 11.6. The van der Waals surface area contributed by atoms with E-state index in [0.29, 0.717) is 35.0 Å². The van der Waals surface area contributed by atoms with Gasteiger partial charge in [0.25, 0.3) is 0 Å². The van der Waals surface area contributed by atoms with Gasteiger partial charge in [-0.2, -0.15) is 0 Å². The average Bonchev–Trinajstić information content (AvgIpc) is 2.72. The minimum Gasteiger partial charge on any atom is -0.457 e. The lowest BCUT2D eigenvalue weighted by molar-refractivity contribution is 0.0999.